The van der Waals surface area contributed by atoms with E-state index < -0.39 is 61.5 Å². The van der Waals surface area contributed by atoms with Crippen LogP contribution in [0.15, 0.2) is 24.3 Å². The number of ether oxygens (including phenoxy) is 3. The molecular formula is C26H34ClF3O9. The van der Waals surface area contributed by atoms with Crippen molar-refractivity contribution in [1.29, 1.82) is 0 Å². The Hall–Kier alpha value is -1.22. The average Bonchev–Trinajstić information content (AvgIpc) is 2.87. The predicted molar refractivity (Wildman–Crippen MR) is 128 cm³/mol. The van der Waals surface area contributed by atoms with Crippen LogP contribution in [0, 0.1) is 17.8 Å². The topological polar surface area (TPSA) is 127 Å². The van der Waals surface area contributed by atoms with Crippen molar-refractivity contribution in [2.75, 3.05) is 13.2 Å². The van der Waals surface area contributed by atoms with Gasteiger partial charge in [0.15, 0.2) is 5.60 Å². The van der Waals surface area contributed by atoms with E-state index in [9.17, 15) is 33.6 Å². The lowest BCUT2D eigenvalue weighted by Crippen LogP contribution is -2.75. The molecule has 0 amide bonds. The molecule has 4 aliphatic rings. The van der Waals surface area contributed by atoms with Gasteiger partial charge in [0.25, 0.3) is 5.79 Å². The van der Waals surface area contributed by atoms with Gasteiger partial charge in [-0.25, -0.2) is 4.89 Å². The molecule has 4 N–H and O–H groups in total. The summed E-state index contributed by atoms with van der Waals surface area (Å²) in [4.78, 5) is 11.4. The Bertz CT molecular complexity index is 1010. The number of hydrogen-bond acceptors (Lipinski definition) is 9. The molecular weight excluding hydrogens is 549 g/mol. The van der Waals surface area contributed by atoms with Crippen LogP contribution in [-0.2, 0) is 25.0 Å². The number of rotatable bonds is 7. The Morgan fingerprint density at radius 3 is 2.46 bits per heavy atom. The maximum absolute atomic E-state index is 13.5. The van der Waals surface area contributed by atoms with Crippen LogP contribution in [0.4, 0.5) is 13.2 Å². The van der Waals surface area contributed by atoms with Gasteiger partial charge in [-0.05, 0) is 55.6 Å². The fraction of sp³-hybridized carbons (Fsp3) is 0.769. The average molecular weight is 583 g/mol. The zero-order chi connectivity index (χ0) is 28.2. The van der Waals surface area contributed by atoms with Gasteiger partial charge in [-0.2, -0.15) is 18.1 Å². The second-order valence-corrected chi connectivity index (χ2v) is 11.6. The van der Waals surface area contributed by atoms with Gasteiger partial charge in [0.05, 0.1) is 6.61 Å². The number of halogens is 4. The highest BCUT2D eigenvalue weighted by Gasteiger charge is 2.75. The second kappa shape index (κ2) is 10.9. The van der Waals surface area contributed by atoms with Crippen molar-refractivity contribution in [2.24, 2.45) is 17.8 Å². The normalized spacial score (nSPS) is 44.2. The maximum atomic E-state index is 13.5. The Morgan fingerprint density at radius 1 is 1.05 bits per heavy atom. The Morgan fingerprint density at radius 2 is 1.82 bits per heavy atom. The highest BCUT2D eigenvalue weighted by molar-refractivity contribution is 6.20. The lowest BCUT2D eigenvalue weighted by molar-refractivity contribution is -0.646. The summed E-state index contributed by atoms with van der Waals surface area (Å²) in [6, 6.07) is 5.99. The fourth-order valence-electron chi connectivity index (χ4n) is 6.92. The molecule has 0 aromatic heterocycles. The van der Waals surface area contributed by atoms with Crippen LogP contribution in [0.1, 0.15) is 44.6 Å². The summed E-state index contributed by atoms with van der Waals surface area (Å²) in [7, 11) is 0. The zero-order valence-corrected chi connectivity index (χ0v) is 22.1. The van der Waals surface area contributed by atoms with E-state index >= 15 is 0 Å². The lowest BCUT2D eigenvalue weighted by Gasteiger charge is -2.65. The molecule has 2 aliphatic carbocycles. The third kappa shape index (κ3) is 5.06. The number of aliphatic hydroxyl groups excluding tert-OH is 4. The molecule has 39 heavy (non-hydrogen) atoms. The van der Waals surface area contributed by atoms with Gasteiger partial charge in [0.2, 0.25) is 6.29 Å². The molecule has 1 spiro atoms. The molecule has 1 aromatic rings. The summed E-state index contributed by atoms with van der Waals surface area (Å²) in [5.74, 6) is -1.90. The van der Waals surface area contributed by atoms with Crippen LogP contribution in [0.25, 0.3) is 0 Å². The Balaban J connectivity index is 1.50. The summed E-state index contributed by atoms with van der Waals surface area (Å²) < 4.78 is 57.3. The van der Waals surface area contributed by atoms with Crippen molar-refractivity contribution in [3.05, 3.63) is 29.8 Å². The first-order valence-electron chi connectivity index (χ1n) is 13.2. The van der Waals surface area contributed by atoms with E-state index in [0.29, 0.717) is 25.2 Å². The van der Waals surface area contributed by atoms with Crippen molar-refractivity contribution < 1.29 is 57.6 Å². The van der Waals surface area contributed by atoms with Crippen LogP contribution < -0.4 is 4.74 Å². The summed E-state index contributed by atoms with van der Waals surface area (Å²) in [6.07, 6.45) is -8.78. The third-order valence-electron chi connectivity index (χ3n) is 8.64. The first-order chi connectivity index (χ1) is 18.4. The Kier molecular flexibility index (Phi) is 8.17. The van der Waals surface area contributed by atoms with Crippen LogP contribution >= 0.6 is 11.6 Å². The molecule has 4 fully saturated rings. The first kappa shape index (κ1) is 29.3. The van der Waals surface area contributed by atoms with E-state index in [1.165, 1.54) is 18.2 Å². The molecule has 13 heteroatoms. The molecule has 6 unspecified atom stereocenters. The van der Waals surface area contributed by atoms with Gasteiger partial charge in [0.1, 0.15) is 36.8 Å². The molecule has 1 aromatic carbocycles. The van der Waals surface area contributed by atoms with E-state index in [-0.39, 0.29) is 28.5 Å². The molecule has 2 bridgehead atoms. The standard InChI is InChI=1S/C26H34ClF3O9/c1-2-14-6-13-7-16(9-17(27)8-13)25(14)26(39-38-25,35-12-24(28,29)30)15-4-3-5-18(10-15)36-23-22(34)21(33)20(32)19(11-31)37-23/h3-5,10,13-14,16-17,19-23,31-34H,2,6-9,11-12H2,1H3/t13?,14?,16?,17?,19-,20-,21+,22-,23-,25?,26?/m1/s1. The van der Waals surface area contributed by atoms with Crippen molar-refractivity contribution in [1.82, 2.24) is 0 Å². The third-order valence-corrected chi connectivity index (χ3v) is 8.99. The fourth-order valence-corrected chi connectivity index (χ4v) is 7.39. The van der Waals surface area contributed by atoms with Crippen molar-refractivity contribution in [3.63, 3.8) is 0 Å². The first-order valence-corrected chi connectivity index (χ1v) is 13.7. The van der Waals surface area contributed by atoms with E-state index in [0.717, 1.165) is 12.8 Å². The van der Waals surface area contributed by atoms with Crippen LogP contribution in [0.3, 0.4) is 0 Å². The molecule has 9 nitrogen and oxygen atoms in total. The molecule has 2 saturated heterocycles. The minimum Gasteiger partial charge on any atom is -0.462 e. The van der Waals surface area contributed by atoms with Gasteiger partial charge < -0.3 is 34.6 Å². The van der Waals surface area contributed by atoms with E-state index in [4.69, 9.17) is 35.6 Å². The van der Waals surface area contributed by atoms with E-state index in [1.807, 2.05) is 6.92 Å². The Labute approximate surface area is 228 Å². The maximum Gasteiger partial charge on any atom is 0.411 e. The highest BCUT2D eigenvalue weighted by Crippen LogP contribution is 2.65. The van der Waals surface area contributed by atoms with Crippen LogP contribution in [0.5, 0.6) is 5.75 Å². The molecule has 2 aliphatic heterocycles. The minimum atomic E-state index is -4.64. The number of fused-ring (bicyclic) bond motifs is 3. The highest BCUT2D eigenvalue weighted by atomic mass is 35.5. The largest absolute Gasteiger partial charge is 0.462 e. The number of hydrogen-bond donors (Lipinski definition) is 4. The van der Waals surface area contributed by atoms with Crippen LogP contribution in [0.2, 0.25) is 0 Å². The van der Waals surface area contributed by atoms with Gasteiger partial charge in [0, 0.05) is 10.9 Å². The molecule has 2 heterocycles. The summed E-state index contributed by atoms with van der Waals surface area (Å²) in [6.45, 7) is -0.261. The second-order valence-electron chi connectivity index (χ2n) is 11.0. The van der Waals surface area contributed by atoms with Crippen molar-refractivity contribution >= 4 is 11.6 Å². The number of benzene rings is 1. The van der Waals surface area contributed by atoms with E-state index in [2.05, 4.69) is 0 Å². The monoisotopic (exact) mass is 582 g/mol. The van der Waals surface area contributed by atoms with Gasteiger partial charge >= 0.3 is 6.18 Å². The summed E-state index contributed by atoms with van der Waals surface area (Å²) in [5.41, 5.74) is -1.01. The minimum absolute atomic E-state index is 0.0676. The van der Waals surface area contributed by atoms with Gasteiger partial charge in [-0.3, -0.25) is 0 Å². The quantitative estimate of drug-likeness (QED) is 0.283. The van der Waals surface area contributed by atoms with E-state index in [1.54, 1.807) is 6.07 Å². The van der Waals surface area contributed by atoms with Crippen molar-refractivity contribution in [2.45, 2.75) is 92.7 Å². The molecule has 5 rings (SSSR count). The number of aliphatic hydroxyl groups is 4. The predicted octanol–water partition coefficient (Wildman–Crippen LogP) is 2.75. The molecule has 2 saturated carbocycles. The SMILES string of the molecule is CCC1CC2CC(Cl)CC(C2)C12OOC2(OCC(F)(F)F)c1cccc(O[C@@H]2O[C@H](CO)[C@@H](O)[C@H](O)[C@H]2O)c1. The molecule has 220 valence electrons. The van der Waals surface area contributed by atoms with Crippen LogP contribution in [-0.4, -0.2) is 81.5 Å². The molecule has 0 radical (unpaired) electrons. The summed E-state index contributed by atoms with van der Waals surface area (Å²) in [5, 5.41) is 39.8. The molecule has 11 atom stereocenters. The smallest absolute Gasteiger partial charge is 0.411 e. The van der Waals surface area contributed by atoms with Gasteiger partial charge in [-0.1, -0.05) is 25.5 Å². The van der Waals surface area contributed by atoms with Gasteiger partial charge in [-0.15, -0.1) is 11.6 Å². The number of alkyl halides is 4. The zero-order valence-electron chi connectivity index (χ0n) is 21.3. The van der Waals surface area contributed by atoms with Crippen molar-refractivity contribution in [3.8, 4) is 5.75 Å². The lowest BCUT2D eigenvalue weighted by atomic mass is 9.54. The summed E-state index contributed by atoms with van der Waals surface area (Å²) >= 11 is 6.57.